The lowest BCUT2D eigenvalue weighted by molar-refractivity contribution is 0.294. The molecule has 0 radical (unpaired) electrons. The summed E-state index contributed by atoms with van der Waals surface area (Å²) in [5.41, 5.74) is 0.794. The number of benzene rings is 1. The molecule has 0 saturated carbocycles. The van der Waals surface area contributed by atoms with Crippen molar-refractivity contribution in [3.05, 3.63) is 35.7 Å². The second kappa shape index (κ2) is 6.03. The van der Waals surface area contributed by atoms with Crippen LogP contribution in [0.1, 0.15) is 11.4 Å². The van der Waals surface area contributed by atoms with Crippen molar-refractivity contribution in [3.8, 4) is 17.6 Å². The van der Waals surface area contributed by atoms with Crippen molar-refractivity contribution in [2.75, 3.05) is 5.88 Å². The van der Waals surface area contributed by atoms with E-state index in [1.807, 2.05) is 24.3 Å². The average Bonchev–Trinajstić information content (AvgIpc) is 2.81. The van der Waals surface area contributed by atoms with Crippen LogP contribution in [0.25, 0.3) is 0 Å². The highest BCUT2D eigenvalue weighted by Gasteiger charge is 2.04. The Hall–Kier alpha value is -2.06. The number of tetrazole rings is 1. The normalized spacial score (nSPS) is 9.67. The molecule has 0 amide bonds. The minimum absolute atomic E-state index is 0.257. The molecular formula is C12H11ClN4O. The summed E-state index contributed by atoms with van der Waals surface area (Å²) in [5.74, 6) is 7.23. The number of ether oxygens (including phenoxy) is 1. The first kappa shape index (κ1) is 12.4. The zero-order valence-electron chi connectivity index (χ0n) is 9.80. The van der Waals surface area contributed by atoms with Crippen LogP contribution >= 0.6 is 11.6 Å². The van der Waals surface area contributed by atoms with Gasteiger partial charge in [-0.25, -0.2) is 0 Å². The van der Waals surface area contributed by atoms with E-state index in [1.54, 1.807) is 7.05 Å². The molecule has 0 atom stereocenters. The number of aryl methyl sites for hydroxylation is 1. The Bertz CT molecular complexity index is 585. The van der Waals surface area contributed by atoms with Crippen LogP contribution in [0.4, 0.5) is 0 Å². The fraction of sp³-hybridized carbons (Fsp3) is 0.250. The predicted octanol–water partition coefficient (Wildman–Crippen LogP) is 1.38. The van der Waals surface area contributed by atoms with Gasteiger partial charge in [0.05, 0.1) is 18.5 Å². The van der Waals surface area contributed by atoms with Gasteiger partial charge in [-0.3, -0.25) is 0 Å². The lowest BCUT2D eigenvalue weighted by Gasteiger charge is -2.05. The Morgan fingerprint density at radius 3 is 2.94 bits per heavy atom. The van der Waals surface area contributed by atoms with Crippen LogP contribution in [0.2, 0.25) is 0 Å². The third-order valence-electron chi connectivity index (χ3n) is 2.08. The highest BCUT2D eigenvalue weighted by molar-refractivity contribution is 6.19. The maximum absolute atomic E-state index is 5.61. The van der Waals surface area contributed by atoms with E-state index in [0.717, 1.165) is 5.56 Å². The largest absolute Gasteiger partial charge is 0.484 e. The van der Waals surface area contributed by atoms with Crippen molar-refractivity contribution in [2.24, 2.45) is 7.05 Å². The van der Waals surface area contributed by atoms with E-state index >= 15 is 0 Å². The van der Waals surface area contributed by atoms with Crippen molar-refractivity contribution in [1.82, 2.24) is 20.2 Å². The molecule has 92 valence electrons. The first-order valence-corrected chi connectivity index (χ1v) is 5.82. The molecule has 5 nitrogen and oxygen atoms in total. The van der Waals surface area contributed by atoms with E-state index in [9.17, 15) is 0 Å². The van der Waals surface area contributed by atoms with Crippen molar-refractivity contribution in [3.63, 3.8) is 0 Å². The van der Waals surface area contributed by atoms with Gasteiger partial charge in [0.25, 0.3) is 0 Å². The number of hydrogen-bond acceptors (Lipinski definition) is 4. The predicted molar refractivity (Wildman–Crippen MR) is 67.2 cm³/mol. The Morgan fingerprint density at radius 1 is 1.39 bits per heavy atom. The fourth-order valence-electron chi connectivity index (χ4n) is 1.35. The van der Waals surface area contributed by atoms with Gasteiger partial charge in [0.15, 0.2) is 6.61 Å². The van der Waals surface area contributed by atoms with E-state index < -0.39 is 0 Å². The molecule has 0 aliphatic carbocycles. The molecule has 1 heterocycles. The molecule has 0 fully saturated rings. The SMILES string of the molecule is Cn1nnc(COc2ccccc2C#CCCl)n1. The van der Waals surface area contributed by atoms with Gasteiger partial charge >= 0.3 is 0 Å². The number of aromatic nitrogens is 4. The Labute approximate surface area is 110 Å². The van der Waals surface area contributed by atoms with Crippen molar-refractivity contribution in [1.29, 1.82) is 0 Å². The van der Waals surface area contributed by atoms with Crippen LogP contribution in [0.15, 0.2) is 24.3 Å². The third kappa shape index (κ3) is 3.22. The number of hydrogen-bond donors (Lipinski definition) is 0. The van der Waals surface area contributed by atoms with Crippen LogP contribution in [0.3, 0.4) is 0 Å². The topological polar surface area (TPSA) is 52.8 Å². The zero-order valence-corrected chi connectivity index (χ0v) is 10.6. The van der Waals surface area contributed by atoms with E-state index in [2.05, 4.69) is 27.3 Å². The maximum atomic E-state index is 5.61. The Morgan fingerprint density at radius 2 is 2.22 bits per heavy atom. The van der Waals surface area contributed by atoms with Gasteiger partial charge in [-0.05, 0) is 17.3 Å². The summed E-state index contributed by atoms with van der Waals surface area (Å²) in [4.78, 5) is 1.39. The molecule has 0 aliphatic rings. The standard InChI is InChI=1S/C12H11ClN4O/c1-17-15-12(14-16-17)9-18-11-7-3-2-5-10(11)6-4-8-13/h2-3,5,7H,8-9H2,1H3. The van der Waals surface area contributed by atoms with E-state index in [-0.39, 0.29) is 6.61 Å². The number of halogens is 1. The first-order valence-electron chi connectivity index (χ1n) is 5.29. The van der Waals surface area contributed by atoms with Crippen LogP contribution < -0.4 is 4.74 Å². The molecule has 18 heavy (non-hydrogen) atoms. The van der Waals surface area contributed by atoms with E-state index in [1.165, 1.54) is 4.80 Å². The van der Waals surface area contributed by atoms with Gasteiger partial charge in [0, 0.05) is 0 Å². The molecule has 1 aromatic heterocycles. The van der Waals surface area contributed by atoms with Gasteiger partial charge in [0.2, 0.25) is 5.82 Å². The quantitative estimate of drug-likeness (QED) is 0.619. The smallest absolute Gasteiger partial charge is 0.212 e. The minimum atomic E-state index is 0.257. The van der Waals surface area contributed by atoms with Crippen molar-refractivity contribution in [2.45, 2.75) is 6.61 Å². The summed E-state index contributed by atoms with van der Waals surface area (Å²) in [6, 6.07) is 7.49. The van der Waals surface area contributed by atoms with Crippen molar-refractivity contribution < 1.29 is 4.74 Å². The summed E-state index contributed by atoms with van der Waals surface area (Å²) < 4.78 is 5.61. The molecular weight excluding hydrogens is 252 g/mol. The highest BCUT2D eigenvalue weighted by Crippen LogP contribution is 2.17. The Balaban J connectivity index is 2.09. The van der Waals surface area contributed by atoms with Crippen LogP contribution in [0, 0.1) is 11.8 Å². The first-order chi connectivity index (χ1) is 8.79. The highest BCUT2D eigenvalue weighted by atomic mass is 35.5. The molecule has 0 saturated heterocycles. The second-order valence-electron chi connectivity index (χ2n) is 3.42. The fourth-order valence-corrected chi connectivity index (χ4v) is 1.41. The summed E-state index contributed by atoms with van der Waals surface area (Å²) in [7, 11) is 1.70. The second-order valence-corrected chi connectivity index (χ2v) is 3.68. The molecule has 6 heteroatoms. The van der Waals surface area contributed by atoms with Gasteiger partial charge in [-0.1, -0.05) is 24.0 Å². The van der Waals surface area contributed by atoms with Gasteiger partial charge < -0.3 is 4.74 Å². The van der Waals surface area contributed by atoms with Crippen LogP contribution in [-0.4, -0.2) is 26.1 Å². The van der Waals surface area contributed by atoms with Crippen LogP contribution in [-0.2, 0) is 13.7 Å². The van der Waals surface area contributed by atoms with Gasteiger partial charge in [-0.2, -0.15) is 4.80 Å². The maximum Gasteiger partial charge on any atom is 0.212 e. The van der Waals surface area contributed by atoms with Crippen molar-refractivity contribution >= 4 is 11.6 Å². The Kier molecular flexibility index (Phi) is 4.15. The minimum Gasteiger partial charge on any atom is -0.484 e. The molecule has 1 aromatic carbocycles. The third-order valence-corrected chi connectivity index (χ3v) is 2.22. The van der Waals surface area contributed by atoms with E-state index in [4.69, 9.17) is 16.3 Å². The molecule has 0 unspecified atom stereocenters. The number of alkyl halides is 1. The summed E-state index contributed by atoms with van der Waals surface area (Å²) >= 11 is 5.53. The molecule has 2 aromatic rings. The summed E-state index contributed by atoms with van der Waals surface area (Å²) in [5, 5.41) is 11.6. The summed E-state index contributed by atoms with van der Waals surface area (Å²) in [6.07, 6.45) is 0. The molecule has 0 N–H and O–H groups in total. The molecule has 2 rings (SSSR count). The number of nitrogens with zero attached hydrogens (tertiary/aromatic N) is 4. The molecule has 0 bridgehead atoms. The number of rotatable bonds is 3. The van der Waals surface area contributed by atoms with E-state index in [0.29, 0.717) is 17.5 Å². The van der Waals surface area contributed by atoms with Crippen LogP contribution in [0.5, 0.6) is 5.75 Å². The monoisotopic (exact) mass is 262 g/mol. The lowest BCUT2D eigenvalue weighted by atomic mass is 10.2. The van der Waals surface area contributed by atoms with Gasteiger partial charge in [0.1, 0.15) is 5.75 Å². The lowest BCUT2D eigenvalue weighted by Crippen LogP contribution is -2.00. The molecule has 0 spiro atoms. The van der Waals surface area contributed by atoms with Gasteiger partial charge in [-0.15, -0.1) is 21.8 Å². The summed E-state index contributed by atoms with van der Waals surface area (Å²) in [6.45, 7) is 0.257. The number of para-hydroxylation sites is 1. The zero-order chi connectivity index (χ0) is 12.8. The molecule has 0 aliphatic heterocycles. The average molecular weight is 263 g/mol.